The lowest BCUT2D eigenvalue weighted by atomic mass is 10.3. The number of hydrogen-bond donors (Lipinski definition) is 0. The van der Waals surface area contributed by atoms with Crippen LogP contribution in [0.1, 0.15) is 26.2 Å². The van der Waals surface area contributed by atoms with E-state index in [1.807, 2.05) is 21.0 Å². The van der Waals surface area contributed by atoms with Gasteiger partial charge in [0.1, 0.15) is 0 Å². The first-order valence-electron chi connectivity index (χ1n) is 4.47. The van der Waals surface area contributed by atoms with Gasteiger partial charge in [0.2, 0.25) is 0 Å². The highest BCUT2D eigenvalue weighted by Gasteiger charge is 2.01. The lowest BCUT2D eigenvalue weighted by Crippen LogP contribution is -2.15. The van der Waals surface area contributed by atoms with Crippen LogP contribution in [0, 0.1) is 0 Å². The molecule has 0 bridgehead atoms. The van der Waals surface area contributed by atoms with Gasteiger partial charge in [-0.25, -0.2) is 0 Å². The molecule has 0 spiro atoms. The van der Waals surface area contributed by atoms with Crippen molar-refractivity contribution in [3.8, 4) is 0 Å². The predicted molar refractivity (Wildman–Crippen MR) is 49.0 cm³/mol. The molecule has 0 heterocycles. The van der Waals surface area contributed by atoms with Crippen molar-refractivity contribution >= 4 is 5.97 Å². The van der Waals surface area contributed by atoms with Crippen LogP contribution in [0.4, 0.5) is 0 Å². The van der Waals surface area contributed by atoms with E-state index in [4.69, 9.17) is 4.74 Å². The molecule has 0 aromatic carbocycles. The highest BCUT2D eigenvalue weighted by atomic mass is 16.5. The Labute approximate surface area is 74.7 Å². The molecule has 0 radical (unpaired) electrons. The van der Waals surface area contributed by atoms with Crippen molar-refractivity contribution in [3.63, 3.8) is 0 Å². The van der Waals surface area contributed by atoms with Crippen LogP contribution in [0.15, 0.2) is 0 Å². The summed E-state index contributed by atoms with van der Waals surface area (Å²) in [4.78, 5) is 13.0. The van der Waals surface area contributed by atoms with Gasteiger partial charge in [0.25, 0.3) is 0 Å². The van der Waals surface area contributed by atoms with Crippen LogP contribution in [0.25, 0.3) is 0 Å². The van der Waals surface area contributed by atoms with E-state index in [1.54, 1.807) is 0 Å². The summed E-state index contributed by atoms with van der Waals surface area (Å²) < 4.78 is 4.92. The summed E-state index contributed by atoms with van der Waals surface area (Å²) in [6, 6.07) is 0. The summed E-state index contributed by atoms with van der Waals surface area (Å²) in [5.74, 6) is -0.0706. The zero-order valence-electron chi connectivity index (χ0n) is 8.30. The lowest BCUT2D eigenvalue weighted by molar-refractivity contribution is -0.143. The fraction of sp³-hybridized carbons (Fsp3) is 0.889. The van der Waals surface area contributed by atoms with Crippen LogP contribution in [0.2, 0.25) is 0 Å². The molecule has 0 fully saturated rings. The van der Waals surface area contributed by atoms with Crippen LogP contribution < -0.4 is 0 Å². The summed E-state index contributed by atoms with van der Waals surface area (Å²) in [5, 5.41) is 0. The number of esters is 1. The second-order valence-electron chi connectivity index (χ2n) is 3.13. The van der Waals surface area contributed by atoms with E-state index in [2.05, 4.69) is 4.90 Å². The lowest BCUT2D eigenvalue weighted by Gasteiger charge is -2.08. The van der Waals surface area contributed by atoms with E-state index in [-0.39, 0.29) is 5.97 Å². The number of hydrogen-bond acceptors (Lipinski definition) is 3. The number of carbonyl (C=O) groups is 1. The molecule has 0 atom stereocenters. The molecule has 3 nitrogen and oxygen atoms in total. The summed E-state index contributed by atoms with van der Waals surface area (Å²) in [6.45, 7) is 3.50. The SMILES string of the molecule is CCCOC(=O)CCCN(C)C. The summed E-state index contributed by atoms with van der Waals surface area (Å²) in [5.41, 5.74) is 0. The maximum Gasteiger partial charge on any atom is 0.305 e. The molecule has 0 amide bonds. The summed E-state index contributed by atoms with van der Waals surface area (Å²) in [6.07, 6.45) is 2.33. The Morgan fingerprint density at radius 3 is 2.58 bits per heavy atom. The van der Waals surface area contributed by atoms with Gasteiger partial charge in [-0.15, -0.1) is 0 Å². The molecule has 0 N–H and O–H groups in total. The third kappa shape index (κ3) is 7.54. The van der Waals surface area contributed by atoms with Crippen LogP contribution in [0.3, 0.4) is 0 Å². The van der Waals surface area contributed by atoms with E-state index >= 15 is 0 Å². The monoisotopic (exact) mass is 173 g/mol. The second kappa shape index (κ2) is 7.10. The van der Waals surface area contributed by atoms with Gasteiger partial charge >= 0.3 is 5.97 Å². The highest BCUT2D eigenvalue weighted by Crippen LogP contribution is 1.94. The van der Waals surface area contributed by atoms with Crippen molar-refractivity contribution in [1.82, 2.24) is 4.90 Å². The minimum absolute atomic E-state index is 0.0706. The quantitative estimate of drug-likeness (QED) is 0.567. The Kier molecular flexibility index (Phi) is 6.76. The molecule has 0 saturated heterocycles. The first kappa shape index (κ1) is 11.4. The van der Waals surface area contributed by atoms with E-state index in [0.717, 1.165) is 19.4 Å². The van der Waals surface area contributed by atoms with Gasteiger partial charge in [-0.05, 0) is 33.5 Å². The van der Waals surface area contributed by atoms with Gasteiger partial charge in [-0.2, -0.15) is 0 Å². The van der Waals surface area contributed by atoms with Gasteiger partial charge in [0, 0.05) is 6.42 Å². The second-order valence-corrected chi connectivity index (χ2v) is 3.13. The minimum atomic E-state index is -0.0706. The van der Waals surface area contributed by atoms with Crippen LogP contribution in [-0.4, -0.2) is 38.1 Å². The van der Waals surface area contributed by atoms with E-state index in [9.17, 15) is 4.79 Å². The first-order chi connectivity index (χ1) is 5.66. The molecule has 0 rings (SSSR count). The summed E-state index contributed by atoms with van der Waals surface area (Å²) in [7, 11) is 3.99. The normalized spacial score (nSPS) is 10.3. The van der Waals surface area contributed by atoms with Gasteiger partial charge in [0.15, 0.2) is 0 Å². The Morgan fingerprint density at radius 1 is 1.42 bits per heavy atom. The van der Waals surface area contributed by atoms with Gasteiger partial charge < -0.3 is 9.64 Å². The van der Waals surface area contributed by atoms with Gasteiger partial charge in [-0.1, -0.05) is 6.92 Å². The molecule has 12 heavy (non-hydrogen) atoms. The molecule has 0 aliphatic rings. The largest absolute Gasteiger partial charge is 0.466 e. The van der Waals surface area contributed by atoms with Crippen molar-refractivity contribution < 1.29 is 9.53 Å². The highest BCUT2D eigenvalue weighted by molar-refractivity contribution is 5.69. The zero-order valence-corrected chi connectivity index (χ0v) is 8.30. The number of carbonyl (C=O) groups excluding carboxylic acids is 1. The average molecular weight is 173 g/mol. The molecular formula is C9H19NO2. The predicted octanol–water partition coefficient (Wildman–Crippen LogP) is 1.28. The Balaban J connectivity index is 3.20. The molecule has 3 heteroatoms. The van der Waals surface area contributed by atoms with Crippen molar-refractivity contribution in [1.29, 1.82) is 0 Å². The third-order valence-corrected chi connectivity index (χ3v) is 1.45. The molecule has 0 aromatic rings. The van der Waals surface area contributed by atoms with Crippen LogP contribution >= 0.6 is 0 Å². The van der Waals surface area contributed by atoms with Gasteiger partial charge in [-0.3, -0.25) is 4.79 Å². The van der Waals surface area contributed by atoms with E-state index in [0.29, 0.717) is 13.0 Å². The average Bonchev–Trinajstić information content (AvgIpc) is 2.00. The van der Waals surface area contributed by atoms with Crippen LogP contribution in [-0.2, 0) is 9.53 Å². The topological polar surface area (TPSA) is 29.5 Å². The van der Waals surface area contributed by atoms with Gasteiger partial charge in [0.05, 0.1) is 6.61 Å². The van der Waals surface area contributed by atoms with Crippen LogP contribution in [0.5, 0.6) is 0 Å². The van der Waals surface area contributed by atoms with Crippen molar-refractivity contribution in [3.05, 3.63) is 0 Å². The molecule has 0 aliphatic carbocycles. The van der Waals surface area contributed by atoms with E-state index in [1.165, 1.54) is 0 Å². The fourth-order valence-electron chi connectivity index (χ4n) is 0.828. The molecule has 0 unspecified atom stereocenters. The van der Waals surface area contributed by atoms with Crippen molar-refractivity contribution in [2.24, 2.45) is 0 Å². The molecule has 0 aromatic heterocycles. The number of rotatable bonds is 6. The van der Waals surface area contributed by atoms with E-state index < -0.39 is 0 Å². The maximum atomic E-state index is 10.9. The molecule has 0 aliphatic heterocycles. The maximum absolute atomic E-state index is 10.9. The molecule has 0 saturated carbocycles. The molecular weight excluding hydrogens is 154 g/mol. The number of ether oxygens (including phenoxy) is 1. The molecule has 72 valence electrons. The smallest absolute Gasteiger partial charge is 0.305 e. The standard InChI is InChI=1S/C9H19NO2/c1-4-8-12-9(11)6-5-7-10(2)3/h4-8H2,1-3H3. The Morgan fingerprint density at radius 2 is 2.08 bits per heavy atom. The third-order valence-electron chi connectivity index (χ3n) is 1.45. The zero-order chi connectivity index (χ0) is 9.40. The van der Waals surface area contributed by atoms with Crippen molar-refractivity contribution in [2.75, 3.05) is 27.2 Å². The Hall–Kier alpha value is -0.570. The Bertz CT molecular complexity index is 124. The summed E-state index contributed by atoms with van der Waals surface area (Å²) >= 11 is 0. The first-order valence-corrected chi connectivity index (χ1v) is 4.47. The minimum Gasteiger partial charge on any atom is -0.466 e. The van der Waals surface area contributed by atoms with Crippen molar-refractivity contribution in [2.45, 2.75) is 26.2 Å². The number of nitrogens with zero attached hydrogens (tertiary/aromatic N) is 1. The fourth-order valence-corrected chi connectivity index (χ4v) is 0.828.